The van der Waals surface area contributed by atoms with E-state index in [2.05, 4.69) is 13.8 Å². The predicted octanol–water partition coefficient (Wildman–Crippen LogP) is 1.96. The van der Waals surface area contributed by atoms with Crippen LogP contribution >= 0.6 is 0 Å². The Morgan fingerprint density at radius 2 is 1.82 bits per heavy atom. The van der Waals surface area contributed by atoms with Crippen molar-refractivity contribution < 1.29 is 9.84 Å². The van der Waals surface area contributed by atoms with Gasteiger partial charge in [-0.1, -0.05) is 19.8 Å². The van der Waals surface area contributed by atoms with Crippen molar-refractivity contribution in [2.24, 2.45) is 0 Å². The second-order valence-electron chi connectivity index (χ2n) is 2.84. The summed E-state index contributed by atoms with van der Waals surface area (Å²) >= 11 is 0. The lowest BCUT2D eigenvalue weighted by molar-refractivity contribution is 0.318. The first-order chi connectivity index (χ1) is 5.26. The Kier molecular flexibility index (Phi) is 6.57. The van der Waals surface area contributed by atoms with Gasteiger partial charge in [0, 0.05) is 6.61 Å². The van der Waals surface area contributed by atoms with Gasteiger partial charge < -0.3 is 9.84 Å². The van der Waals surface area contributed by atoms with Crippen LogP contribution in [0.15, 0.2) is 0 Å². The fourth-order valence-corrected chi connectivity index (χ4v) is 0.938. The highest BCUT2D eigenvalue weighted by Gasteiger charge is 2.32. The van der Waals surface area contributed by atoms with Gasteiger partial charge in [0.05, 0.1) is 12.2 Å². The van der Waals surface area contributed by atoms with Gasteiger partial charge in [-0.05, 0) is 20.3 Å². The quantitative estimate of drug-likeness (QED) is 0.640. The van der Waals surface area contributed by atoms with Crippen LogP contribution in [0.25, 0.3) is 0 Å². The molecule has 68 valence electrons. The van der Waals surface area contributed by atoms with Gasteiger partial charge in [-0.3, -0.25) is 0 Å². The average Bonchev–Trinajstić information content (AvgIpc) is 2.64. The maximum atomic E-state index is 7.57. The summed E-state index contributed by atoms with van der Waals surface area (Å²) in [5, 5.41) is 7.57. The number of unbranched alkanes of at least 4 members (excludes halogenated alkanes) is 1. The Balaban J connectivity index is 0.000000292. The lowest BCUT2D eigenvalue weighted by atomic mass is 10.2. The minimum absolute atomic E-state index is 0.250. The summed E-state index contributed by atoms with van der Waals surface area (Å²) in [6.07, 6.45) is 5.09. The summed E-state index contributed by atoms with van der Waals surface area (Å²) in [6.45, 7) is 6.29. The van der Waals surface area contributed by atoms with Crippen LogP contribution in [0.2, 0.25) is 0 Å². The molecule has 0 aromatic heterocycles. The smallest absolute Gasteiger partial charge is 0.0839 e. The second-order valence-corrected chi connectivity index (χ2v) is 2.84. The SMILES string of the molecule is CCCCC1OC1C.CCO. The van der Waals surface area contributed by atoms with E-state index >= 15 is 0 Å². The number of rotatable bonds is 3. The second kappa shape index (κ2) is 6.62. The summed E-state index contributed by atoms with van der Waals surface area (Å²) in [5.74, 6) is 0. The van der Waals surface area contributed by atoms with Crippen molar-refractivity contribution in [3.8, 4) is 0 Å². The first kappa shape index (κ1) is 10.9. The maximum Gasteiger partial charge on any atom is 0.0839 e. The largest absolute Gasteiger partial charge is 0.397 e. The first-order valence-electron chi connectivity index (χ1n) is 4.52. The molecule has 1 rings (SSSR count). The van der Waals surface area contributed by atoms with E-state index in [9.17, 15) is 0 Å². The van der Waals surface area contributed by atoms with E-state index in [1.165, 1.54) is 19.3 Å². The maximum absolute atomic E-state index is 7.57. The Hall–Kier alpha value is -0.0800. The van der Waals surface area contributed by atoms with Crippen LogP contribution in [-0.2, 0) is 4.74 Å². The van der Waals surface area contributed by atoms with Crippen molar-refractivity contribution in [1.29, 1.82) is 0 Å². The molecule has 0 saturated carbocycles. The molecule has 0 bridgehead atoms. The molecule has 1 saturated heterocycles. The van der Waals surface area contributed by atoms with Gasteiger partial charge >= 0.3 is 0 Å². The van der Waals surface area contributed by atoms with Crippen LogP contribution in [0, 0.1) is 0 Å². The fraction of sp³-hybridized carbons (Fsp3) is 1.00. The molecule has 0 radical (unpaired) electrons. The van der Waals surface area contributed by atoms with Crippen LogP contribution in [0.4, 0.5) is 0 Å². The lowest BCUT2D eigenvalue weighted by Gasteiger charge is -1.87. The molecule has 2 atom stereocenters. The number of hydrogen-bond donors (Lipinski definition) is 1. The average molecular weight is 160 g/mol. The number of ether oxygens (including phenoxy) is 1. The molecule has 1 heterocycles. The Labute approximate surface area is 69.6 Å². The highest BCUT2D eigenvalue weighted by atomic mass is 16.6. The van der Waals surface area contributed by atoms with Gasteiger partial charge in [-0.25, -0.2) is 0 Å². The minimum Gasteiger partial charge on any atom is -0.397 e. The normalized spacial score (nSPS) is 27.3. The number of epoxide rings is 1. The van der Waals surface area contributed by atoms with Gasteiger partial charge in [0.2, 0.25) is 0 Å². The van der Waals surface area contributed by atoms with E-state index in [0.29, 0.717) is 12.2 Å². The highest BCUT2D eigenvalue weighted by Crippen LogP contribution is 2.25. The highest BCUT2D eigenvalue weighted by molar-refractivity contribution is 4.79. The first-order valence-corrected chi connectivity index (χ1v) is 4.52. The van der Waals surface area contributed by atoms with Gasteiger partial charge in [0.1, 0.15) is 0 Å². The fourth-order valence-electron chi connectivity index (χ4n) is 0.938. The molecule has 0 amide bonds. The summed E-state index contributed by atoms with van der Waals surface area (Å²) in [6, 6.07) is 0. The van der Waals surface area contributed by atoms with E-state index in [1.54, 1.807) is 6.92 Å². The molecule has 2 nitrogen and oxygen atoms in total. The molecule has 2 unspecified atom stereocenters. The van der Waals surface area contributed by atoms with E-state index in [4.69, 9.17) is 9.84 Å². The minimum atomic E-state index is 0.250. The summed E-state index contributed by atoms with van der Waals surface area (Å²) < 4.78 is 5.22. The number of aliphatic hydroxyl groups excluding tert-OH is 1. The summed E-state index contributed by atoms with van der Waals surface area (Å²) in [5.41, 5.74) is 0. The van der Waals surface area contributed by atoms with Crippen molar-refractivity contribution in [2.75, 3.05) is 6.61 Å². The molecule has 2 heteroatoms. The molecule has 1 aliphatic rings. The zero-order valence-corrected chi connectivity index (χ0v) is 7.84. The third-order valence-corrected chi connectivity index (χ3v) is 1.68. The van der Waals surface area contributed by atoms with Crippen molar-refractivity contribution in [3.05, 3.63) is 0 Å². The van der Waals surface area contributed by atoms with E-state index in [0.717, 1.165) is 0 Å². The number of aliphatic hydroxyl groups is 1. The Morgan fingerprint density at radius 1 is 1.36 bits per heavy atom. The molecule has 0 spiro atoms. The molecule has 0 aromatic rings. The van der Waals surface area contributed by atoms with Gasteiger partial charge in [-0.2, -0.15) is 0 Å². The summed E-state index contributed by atoms with van der Waals surface area (Å²) in [4.78, 5) is 0. The molecular weight excluding hydrogens is 140 g/mol. The van der Waals surface area contributed by atoms with E-state index in [1.807, 2.05) is 0 Å². The molecule has 11 heavy (non-hydrogen) atoms. The zero-order valence-electron chi connectivity index (χ0n) is 7.84. The zero-order chi connectivity index (χ0) is 8.69. The van der Waals surface area contributed by atoms with Crippen molar-refractivity contribution in [1.82, 2.24) is 0 Å². The van der Waals surface area contributed by atoms with E-state index < -0.39 is 0 Å². The number of hydrogen-bond acceptors (Lipinski definition) is 2. The third kappa shape index (κ3) is 6.32. The Morgan fingerprint density at radius 3 is 2.09 bits per heavy atom. The monoisotopic (exact) mass is 160 g/mol. The topological polar surface area (TPSA) is 32.8 Å². The van der Waals surface area contributed by atoms with Gasteiger partial charge in [0.25, 0.3) is 0 Å². The molecule has 1 N–H and O–H groups in total. The molecular formula is C9H20O2. The molecule has 1 aliphatic heterocycles. The summed E-state index contributed by atoms with van der Waals surface area (Å²) in [7, 11) is 0. The third-order valence-electron chi connectivity index (χ3n) is 1.68. The molecule has 0 aromatic carbocycles. The Bertz CT molecular complexity index is 83.6. The standard InChI is InChI=1S/C7H14O.C2H6O/c1-3-4-5-7-6(2)8-7;1-2-3/h6-7H,3-5H2,1-2H3;3H,2H2,1H3. The van der Waals surface area contributed by atoms with Gasteiger partial charge in [0.15, 0.2) is 0 Å². The van der Waals surface area contributed by atoms with Crippen molar-refractivity contribution >= 4 is 0 Å². The lowest BCUT2D eigenvalue weighted by Crippen LogP contribution is -1.87. The predicted molar refractivity (Wildman–Crippen MR) is 46.6 cm³/mol. The van der Waals surface area contributed by atoms with Crippen LogP contribution in [-0.4, -0.2) is 23.9 Å². The van der Waals surface area contributed by atoms with Crippen LogP contribution in [0.5, 0.6) is 0 Å². The van der Waals surface area contributed by atoms with Crippen molar-refractivity contribution in [3.63, 3.8) is 0 Å². The van der Waals surface area contributed by atoms with Crippen LogP contribution < -0.4 is 0 Å². The van der Waals surface area contributed by atoms with Crippen molar-refractivity contribution in [2.45, 2.75) is 52.2 Å². The molecule has 1 fully saturated rings. The van der Waals surface area contributed by atoms with Gasteiger partial charge in [-0.15, -0.1) is 0 Å². The van der Waals surface area contributed by atoms with Crippen LogP contribution in [0.1, 0.15) is 40.0 Å². The molecule has 0 aliphatic carbocycles. The van der Waals surface area contributed by atoms with Crippen LogP contribution in [0.3, 0.4) is 0 Å². The van der Waals surface area contributed by atoms with E-state index in [-0.39, 0.29) is 6.61 Å².